The van der Waals surface area contributed by atoms with Gasteiger partial charge >= 0.3 is 0 Å². The van der Waals surface area contributed by atoms with Crippen LogP contribution in [0.4, 0.5) is 4.39 Å². The van der Waals surface area contributed by atoms with E-state index in [1.807, 2.05) is 0 Å². The van der Waals surface area contributed by atoms with Gasteiger partial charge in [0.1, 0.15) is 17.4 Å². The van der Waals surface area contributed by atoms with Crippen molar-refractivity contribution >= 4 is 21.8 Å². The van der Waals surface area contributed by atoms with Crippen molar-refractivity contribution in [2.24, 2.45) is 0 Å². The second kappa shape index (κ2) is 7.78. The normalized spacial score (nSPS) is 10.4. The maximum absolute atomic E-state index is 12.9. The summed E-state index contributed by atoms with van der Waals surface area (Å²) >= 11 is 3.18. The molecule has 0 saturated carbocycles. The summed E-state index contributed by atoms with van der Waals surface area (Å²) in [5.41, 5.74) is 0. The SMILES string of the molecule is O=C(COc1ccc(F)cc1Br)NCCCc1ncc[nH]1. The summed E-state index contributed by atoms with van der Waals surface area (Å²) in [4.78, 5) is 18.7. The van der Waals surface area contributed by atoms with Gasteiger partial charge in [-0.15, -0.1) is 0 Å². The lowest BCUT2D eigenvalue weighted by molar-refractivity contribution is -0.123. The number of rotatable bonds is 7. The molecule has 112 valence electrons. The number of hydrogen-bond acceptors (Lipinski definition) is 3. The molecule has 0 spiro atoms. The summed E-state index contributed by atoms with van der Waals surface area (Å²) in [7, 11) is 0. The van der Waals surface area contributed by atoms with Gasteiger partial charge in [-0.1, -0.05) is 0 Å². The number of hydrogen-bond donors (Lipinski definition) is 2. The van der Waals surface area contributed by atoms with Crippen LogP contribution in [0.15, 0.2) is 35.1 Å². The number of aromatic amines is 1. The highest BCUT2D eigenvalue weighted by Crippen LogP contribution is 2.25. The molecule has 0 unspecified atom stereocenters. The van der Waals surface area contributed by atoms with Crippen molar-refractivity contribution in [3.63, 3.8) is 0 Å². The Morgan fingerprint density at radius 3 is 3.05 bits per heavy atom. The fraction of sp³-hybridized carbons (Fsp3) is 0.286. The lowest BCUT2D eigenvalue weighted by Crippen LogP contribution is -2.30. The maximum Gasteiger partial charge on any atom is 0.257 e. The summed E-state index contributed by atoms with van der Waals surface area (Å²) in [6, 6.07) is 4.04. The van der Waals surface area contributed by atoms with E-state index in [1.54, 1.807) is 12.4 Å². The number of H-pyrrole nitrogens is 1. The number of benzene rings is 1. The number of nitrogens with one attached hydrogen (secondary N) is 2. The van der Waals surface area contributed by atoms with E-state index in [9.17, 15) is 9.18 Å². The van der Waals surface area contributed by atoms with Crippen LogP contribution in [0, 0.1) is 5.82 Å². The molecule has 2 aromatic rings. The molecule has 5 nitrogen and oxygen atoms in total. The van der Waals surface area contributed by atoms with Crippen LogP contribution in [0.3, 0.4) is 0 Å². The average Bonchev–Trinajstić information content (AvgIpc) is 2.96. The maximum atomic E-state index is 12.9. The molecular formula is C14H15BrFN3O2. The molecule has 0 saturated heterocycles. The Bertz CT molecular complexity index is 590. The Morgan fingerprint density at radius 1 is 1.48 bits per heavy atom. The Morgan fingerprint density at radius 2 is 2.33 bits per heavy atom. The number of aromatic nitrogens is 2. The predicted octanol–water partition coefficient (Wildman–Crippen LogP) is 2.44. The topological polar surface area (TPSA) is 67.0 Å². The molecule has 0 bridgehead atoms. The van der Waals surface area contributed by atoms with Crippen molar-refractivity contribution in [3.8, 4) is 5.75 Å². The van der Waals surface area contributed by atoms with Gasteiger partial charge in [-0.05, 0) is 40.5 Å². The third-order valence-corrected chi connectivity index (χ3v) is 3.34. The van der Waals surface area contributed by atoms with Crippen LogP contribution in [-0.2, 0) is 11.2 Å². The number of nitrogens with zero attached hydrogens (tertiary/aromatic N) is 1. The van der Waals surface area contributed by atoms with Gasteiger partial charge in [-0.25, -0.2) is 9.37 Å². The van der Waals surface area contributed by atoms with Gasteiger partial charge in [0.15, 0.2) is 6.61 Å². The van der Waals surface area contributed by atoms with Crippen molar-refractivity contribution in [3.05, 3.63) is 46.7 Å². The van der Waals surface area contributed by atoms with Crippen molar-refractivity contribution in [2.75, 3.05) is 13.2 Å². The van der Waals surface area contributed by atoms with Gasteiger partial charge in [0, 0.05) is 25.4 Å². The van der Waals surface area contributed by atoms with E-state index >= 15 is 0 Å². The van der Waals surface area contributed by atoms with E-state index in [-0.39, 0.29) is 18.3 Å². The lowest BCUT2D eigenvalue weighted by atomic mass is 10.3. The first-order valence-corrected chi connectivity index (χ1v) is 7.27. The van der Waals surface area contributed by atoms with E-state index in [0.29, 0.717) is 16.8 Å². The molecule has 2 N–H and O–H groups in total. The van der Waals surface area contributed by atoms with Crippen LogP contribution >= 0.6 is 15.9 Å². The number of imidazole rings is 1. The number of carbonyl (C=O) groups excluding carboxylic acids is 1. The monoisotopic (exact) mass is 355 g/mol. The highest BCUT2D eigenvalue weighted by atomic mass is 79.9. The average molecular weight is 356 g/mol. The molecule has 2 rings (SSSR count). The van der Waals surface area contributed by atoms with Crippen molar-refractivity contribution < 1.29 is 13.9 Å². The van der Waals surface area contributed by atoms with E-state index in [4.69, 9.17) is 4.74 Å². The predicted molar refractivity (Wildman–Crippen MR) is 79.5 cm³/mol. The van der Waals surface area contributed by atoms with Gasteiger partial charge in [0.2, 0.25) is 0 Å². The molecule has 0 aliphatic carbocycles. The first-order chi connectivity index (χ1) is 10.1. The third kappa shape index (κ3) is 5.18. The smallest absolute Gasteiger partial charge is 0.257 e. The highest BCUT2D eigenvalue weighted by Gasteiger charge is 2.06. The molecular weight excluding hydrogens is 341 g/mol. The van der Waals surface area contributed by atoms with E-state index in [1.165, 1.54) is 18.2 Å². The van der Waals surface area contributed by atoms with Crippen molar-refractivity contribution in [1.29, 1.82) is 0 Å². The molecule has 1 aromatic carbocycles. The number of halogens is 2. The molecule has 1 amide bonds. The zero-order chi connectivity index (χ0) is 15.1. The van der Waals surface area contributed by atoms with Gasteiger partial charge in [0.05, 0.1) is 4.47 Å². The van der Waals surface area contributed by atoms with Gasteiger partial charge in [0.25, 0.3) is 5.91 Å². The van der Waals surface area contributed by atoms with Crippen molar-refractivity contribution in [1.82, 2.24) is 15.3 Å². The minimum Gasteiger partial charge on any atom is -0.483 e. The molecule has 1 heterocycles. The Labute approximate surface area is 130 Å². The van der Waals surface area contributed by atoms with Crippen LogP contribution in [0.2, 0.25) is 0 Å². The van der Waals surface area contributed by atoms with Gasteiger partial charge in [-0.2, -0.15) is 0 Å². The number of aryl methyl sites for hydroxylation is 1. The Hall–Kier alpha value is -1.89. The molecule has 0 aliphatic heterocycles. The molecule has 0 fully saturated rings. The third-order valence-electron chi connectivity index (χ3n) is 2.72. The fourth-order valence-electron chi connectivity index (χ4n) is 1.70. The second-order valence-corrected chi connectivity index (χ2v) is 5.21. The molecule has 0 radical (unpaired) electrons. The summed E-state index contributed by atoms with van der Waals surface area (Å²) in [5, 5.41) is 2.75. The molecule has 1 aromatic heterocycles. The van der Waals surface area contributed by atoms with Crippen LogP contribution in [0.5, 0.6) is 5.75 Å². The highest BCUT2D eigenvalue weighted by molar-refractivity contribution is 9.10. The van der Waals surface area contributed by atoms with Crippen LogP contribution in [-0.4, -0.2) is 29.0 Å². The zero-order valence-corrected chi connectivity index (χ0v) is 12.8. The summed E-state index contributed by atoms with van der Waals surface area (Å²) < 4.78 is 18.7. The van der Waals surface area contributed by atoms with Gasteiger partial charge in [-0.3, -0.25) is 4.79 Å². The summed E-state index contributed by atoms with van der Waals surface area (Å²) in [6.07, 6.45) is 5.03. The molecule has 0 atom stereocenters. The minimum atomic E-state index is -0.364. The summed E-state index contributed by atoms with van der Waals surface area (Å²) in [6.45, 7) is 0.443. The molecule has 0 aliphatic rings. The second-order valence-electron chi connectivity index (χ2n) is 4.35. The first-order valence-electron chi connectivity index (χ1n) is 6.48. The largest absolute Gasteiger partial charge is 0.483 e. The summed E-state index contributed by atoms with van der Waals surface area (Å²) in [5.74, 6) is 0.750. The number of ether oxygens (including phenoxy) is 1. The van der Waals surface area contributed by atoms with Crippen LogP contribution in [0.25, 0.3) is 0 Å². The van der Waals surface area contributed by atoms with Crippen LogP contribution < -0.4 is 10.1 Å². The van der Waals surface area contributed by atoms with Crippen molar-refractivity contribution in [2.45, 2.75) is 12.8 Å². The lowest BCUT2D eigenvalue weighted by Gasteiger charge is -2.08. The zero-order valence-electron chi connectivity index (χ0n) is 11.2. The molecule has 7 heteroatoms. The van der Waals surface area contributed by atoms with E-state index in [2.05, 4.69) is 31.2 Å². The van der Waals surface area contributed by atoms with E-state index in [0.717, 1.165) is 18.7 Å². The Balaban J connectivity index is 1.65. The fourth-order valence-corrected chi connectivity index (χ4v) is 2.17. The van der Waals surface area contributed by atoms with Gasteiger partial charge < -0.3 is 15.0 Å². The number of amides is 1. The quantitative estimate of drug-likeness (QED) is 0.749. The van der Waals surface area contributed by atoms with E-state index < -0.39 is 0 Å². The molecule has 21 heavy (non-hydrogen) atoms. The standard InChI is InChI=1S/C14H15BrFN3O2/c15-11-8-10(16)3-4-12(11)21-9-14(20)19-5-1-2-13-17-6-7-18-13/h3-4,6-8H,1-2,5,9H2,(H,17,18)(H,19,20). The minimum absolute atomic E-state index is 0.106. The number of carbonyl (C=O) groups is 1. The first kappa shape index (κ1) is 15.5. The Kier molecular flexibility index (Phi) is 5.74. The van der Waals surface area contributed by atoms with Crippen LogP contribution in [0.1, 0.15) is 12.2 Å².